The smallest absolute Gasteiger partial charge is 0.293 e. The van der Waals surface area contributed by atoms with E-state index in [0.717, 1.165) is 10.8 Å². The standard InChI is InChI=1S/C23H21N3O4/c1-16(27)18-9-10-21(22(15-18)26(29)30)24-11-13-25(14-12-24)23(28)20-8-4-6-17-5-2-3-7-19(17)20/h2-10,15H,11-14H2,1H3. The van der Waals surface area contributed by atoms with E-state index in [0.29, 0.717) is 43.0 Å². The van der Waals surface area contributed by atoms with Crippen molar-refractivity contribution in [3.8, 4) is 0 Å². The molecule has 0 spiro atoms. The molecular formula is C23H21N3O4. The Morgan fingerprint density at radius 1 is 0.933 bits per heavy atom. The molecule has 3 aromatic carbocycles. The number of hydrogen-bond acceptors (Lipinski definition) is 5. The van der Waals surface area contributed by atoms with Crippen LogP contribution in [0.15, 0.2) is 60.7 Å². The summed E-state index contributed by atoms with van der Waals surface area (Å²) in [4.78, 5) is 39.4. The van der Waals surface area contributed by atoms with E-state index in [1.807, 2.05) is 47.4 Å². The SMILES string of the molecule is CC(=O)c1ccc(N2CCN(C(=O)c3cccc4ccccc34)CC2)c([N+](=O)[O-])c1. The molecule has 0 N–H and O–H groups in total. The molecule has 1 heterocycles. The molecule has 30 heavy (non-hydrogen) atoms. The van der Waals surface area contributed by atoms with Crippen molar-refractivity contribution in [2.24, 2.45) is 0 Å². The Morgan fingerprint density at radius 2 is 1.63 bits per heavy atom. The first-order chi connectivity index (χ1) is 14.5. The molecular weight excluding hydrogens is 382 g/mol. The monoisotopic (exact) mass is 403 g/mol. The number of carbonyl (C=O) groups is 2. The van der Waals surface area contributed by atoms with Crippen LogP contribution >= 0.6 is 0 Å². The van der Waals surface area contributed by atoms with Crippen LogP contribution in [0, 0.1) is 10.1 Å². The zero-order valence-corrected chi connectivity index (χ0v) is 16.6. The second-order valence-corrected chi connectivity index (χ2v) is 7.32. The van der Waals surface area contributed by atoms with E-state index in [9.17, 15) is 19.7 Å². The first-order valence-electron chi connectivity index (χ1n) is 9.77. The maximum Gasteiger partial charge on any atom is 0.293 e. The number of nitrogens with zero attached hydrogens (tertiary/aromatic N) is 3. The third-order valence-corrected chi connectivity index (χ3v) is 5.51. The van der Waals surface area contributed by atoms with E-state index < -0.39 is 4.92 Å². The molecule has 1 amide bonds. The number of Topliss-reactive ketones (excluding diaryl/α,β-unsaturated/α-hetero) is 1. The molecule has 152 valence electrons. The van der Waals surface area contributed by atoms with Gasteiger partial charge in [-0.25, -0.2) is 0 Å². The maximum absolute atomic E-state index is 13.1. The van der Waals surface area contributed by atoms with Gasteiger partial charge in [0.25, 0.3) is 11.6 Å². The molecule has 3 aromatic rings. The Kier molecular flexibility index (Phi) is 5.18. The summed E-state index contributed by atoms with van der Waals surface area (Å²) >= 11 is 0. The van der Waals surface area contributed by atoms with Crippen LogP contribution in [-0.2, 0) is 0 Å². The van der Waals surface area contributed by atoms with Crippen LogP contribution in [0.1, 0.15) is 27.6 Å². The molecule has 4 rings (SSSR count). The van der Waals surface area contributed by atoms with E-state index in [2.05, 4.69) is 0 Å². The number of anilines is 1. The van der Waals surface area contributed by atoms with Gasteiger partial charge >= 0.3 is 0 Å². The topological polar surface area (TPSA) is 83.8 Å². The molecule has 0 saturated carbocycles. The van der Waals surface area contributed by atoms with Gasteiger partial charge in [-0.2, -0.15) is 0 Å². The van der Waals surface area contributed by atoms with Gasteiger partial charge in [0.1, 0.15) is 5.69 Å². The molecule has 1 saturated heterocycles. The van der Waals surface area contributed by atoms with Gasteiger partial charge in [-0.15, -0.1) is 0 Å². The van der Waals surface area contributed by atoms with Crippen LogP contribution in [0.2, 0.25) is 0 Å². The summed E-state index contributed by atoms with van der Waals surface area (Å²) in [6, 6.07) is 18.0. The van der Waals surface area contributed by atoms with Gasteiger partial charge in [-0.3, -0.25) is 19.7 Å². The molecule has 0 bridgehead atoms. The highest BCUT2D eigenvalue weighted by atomic mass is 16.6. The molecule has 7 heteroatoms. The van der Waals surface area contributed by atoms with E-state index in [4.69, 9.17) is 0 Å². The van der Waals surface area contributed by atoms with Gasteiger partial charge in [0.05, 0.1) is 4.92 Å². The summed E-state index contributed by atoms with van der Waals surface area (Å²) in [7, 11) is 0. The number of nitro benzene ring substituents is 1. The van der Waals surface area contributed by atoms with Crippen molar-refractivity contribution >= 4 is 33.8 Å². The third kappa shape index (κ3) is 3.61. The van der Waals surface area contributed by atoms with Gasteiger partial charge in [0.2, 0.25) is 0 Å². The van der Waals surface area contributed by atoms with Crippen LogP contribution in [-0.4, -0.2) is 47.7 Å². The normalized spacial score (nSPS) is 14.0. The summed E-state index contributed by atoms with van der Waals surface area (Å²) in [6.07, 6.45) is 0. The van der Waals surface area contributed by atoms with Crippen LogP contribution in [0.3, 0.4) is 0 Å². The Hall–Kier alpha value is -3.74. The van der Waals surface area contributed by atoms with Crippen LogP contribution in [0.25, 0.3) is 10.8 Å². The Balaban J connectivity index is 1.53. The van der Waals surface area contributed by atoms with E-state index in [1.54, 1.807) is 17.0 Å². The predicted molar refractivity (Wildman–Crippen MR) is 115 cm³/mol. The summed E-state index contributed by atoms with van der Waals surface area (Å²) in [5.74, 6) is -0.247. The summed E-state index contributed by atoms with van der Waals surface area (Å²) < 4.78 is 0. The fourth-order valence-corrected chi connectivity index (χ4v) is 3.89. The predicted octanol–water partition coefficient (Wildman–Crippen LogP) is 3.91. The number of benzene rings is 3. The Labute approximate surface area is 173 Å². The summed E-state index contributed by atoms with van der Waals surface area (Å²) in [6.45, 7) is 3.28. The zero-order valence-electron chi connectivity index (χ0n) is 16.6. The van der Waals surface area contributed by atoms with Crippen molar-refractivity contribution in [2.75, 3.05) is 31.1 Å². The third-order valence-electron chi connectivity index (χ3n) is 5.51. The molecule has 0 radical (unpaired) electrons. The quantitative estimate of drug-likeness (QED) is 0.375. The minimum Gasteiger partial charge on any atom is -0.362 e. The van der Waals surface area contributed by atoms with E-state index in [1.165, 1.54) is 13.0 Å². The number of fused-ring (bicyclic) bond motifs is 1. The van der Waals surface area contributed by atoms with Crippen LogP contribution < -0.4 is 4.90 Å². The highest BCUT2D eigenvalue weighted by Gasteiger charge is 2.27. The van der Waals surface area contributed by atoms with Crippen LogP contribution in [0.5, 0.6) is 0 Å². The lowest BCUT2D eigenvalue weighted by Crippen LogP contribution is -2.49. The lowest BCUT2D eigenvalue weighted by atomic mass is 10.0. The first kappa shape index (κ1) is 19.6. The van der Waals surface area contributed by atoms with Gasteiger partial charge < -0.3 is 9.80 Å². The highest BCUT2D eigenvalue weighted by molar-refractivity contribution is 6.07. The fourth-order valence-electron chi connectivity index (χ4n) is 3.89. The van der Waals surface area contributed by atoms with Crippen molar-refractivity contribution in [1.29, 1.82) is 0 Å². The number of rotatable bonds is 4. The zero-order chi connectivity index (χ0) is 21.3. The molecule has 0 aromatic heterocycles. The van der Waals surface area contributed by atoms with E-state index >= 15 is 0 Å². The second kappa shape index (κ2) is 7.94. The summed E-state index contributed by atoms with van der Waals surface area (Å²) in [5, 5.41) is 13.5. The molecule has 0 unspecified atom stereocenters. The van der Waals surface area contributed by atoms with Crippen molar-refractivity contribution < 1.29 is 14.5 Å². The summed E-state index contributed by atoms with van der Waals surface area (Å²) in [5.41, 5.74) is 1.37. The number of amides is 1. The molecule has 1 aliphatic rings. The van der Waals surface area contributed by atoms with Crippen molar-refractivity contribution in [3.05, 3.63) is 81.9 Å². The van der Waals surface area contributed by atoms with Gasteiger partial charge in [0.15, 0.2) is 5.78 Å². The number of piperazine rings is 1. The molecule has 0 atom stereocenters. The van der Waals surface area contributed by atoms with Gasteiger partial charge in [-0.1, -0.05) is 36.4 Å². The minimum atomic E-state index is -0.463. The Bertz CT molecular complexity index is 1140. The molecule has 7 nitrogen and oxygen atoms in total. The second-order valence-electron chi connectivity index (χ2n) is 7.32. The fraction of sp³-hybridized carbons (Fsp3) is 0.217. The van der Waals surface area contributed by atoms with Crippen molar-refractivity contribution in [2.45, 2.75) is 6.92 Å². The number of nitro groups is 1. The average molecular weight is 403 g/mol. The lowest BCUT2D eigenvalue weighted by Gasteiger charge is -2.36. The van der Waals surface area contributed by atoms with Crippen molar-refractivity contribution in [1.82, 2.24) is 4.90 Å². The largest absolute Gasteiger partial charge is 0.362 e. The number of hydrogen-bond donors (Lipinski definition) is 0. The maximum atomic E-state index is 13.1. The lowest BCUT2D eigenvalue weighted by molar-refractivity contribution is -0.384. The minimum absolute atomic E-state index is 0.0344. The van der Waals surface area contributed by atoms with E-state index in [-0.39, 0.29) is 17.4 Å². The highest BCUT2D eigenvalue weighted by Crippen LogP contribution is 2.30. The Morgan fingerprint density at radius 3 is 2.33 bits per heavy atom. The first-order valence-corrected chi connectivity index (χ1v) is 9.77. The number of carbonyl (C=O) groups excluding carboxylic acids is 2. The van der Waals surface area contributed by atoms with Crippen molar-refractivity contribution in [3.63, 3.8) is 0 Å². The molecule has 0 aliphatic carbocycles. The molecule has 1 fully saturated rings. The number of ketones is 1. The van der Waals surface area contributed by atoms with Crippen LogP contribution in [0.4, 0.5) is 11.4 Å². The van der Waals surface area contributed by atoms with Gasteiger partial charge in [0, 0.05) is 43.4 Å². The van der Waals surface area contributed by atoms with Gasteiger partial charge in [-0.05, 0) is 35.9 Å². The molecule has 1 aliphatic heterocycles. The average Bonchev–Trinajstić information content (AvgIpc) is 2.78.